The van der Waals surface area contributed by atoms with E-state index in [2.05, 4.69) is 23.8 Å². The van der Waals surface area contributed by atoms with Crippen LogP contribution >= 0.6 is 7.14 Å². The molecule has 0 saturated carbocycles. The summed E-state index contributed by atoms with van der Waals surface area (Å²) in [6.45, 7) is 7.28. The number of nitrogens with one attached hydrogen (secondary N) is 2. The van der Waals surface area contributed by atoms with Crippen LogP contribution < -0.4 is 29.6 Å². The van der Waals surface area contributed by atoms with E-state index in [0.717, 1.165) is 0 Å². The third-order valence-electron chi connectivity index (χ3n) is 10.1. The number of aliphatic hydroxyl groups excluding tert-OH is 1. The molecule has 4 atom stereocenters. The van der Waals surface area contributed by atoms with Crippen molar-refractivity contribution in [2.45, 2.75) is 35.7 Å². The zero-order valence-electron chi connectivity index (χ0n) is 30.1. The normalized spacial score (nSPS) is 23.3. The Morgan fingerprint density at radius 2 is 1.13 bits per heavy atom. The monoisotopic (exact) mass is 826 g/mol. The van der Waals surface area contributed by atoms with Gasteiger partial charge in [-0.25, -0.2) is 0 Å². The molecule has 2 saturated heterocycles. The highest BCUT2D eigenvalue weighted by Crippen LogP contribution is 2.46. The molecule has 4 heterocycles. The number of ether oxygens (including phenoxy) is 4. The van der Waals surface area contributed by atoms with Crippen LogP contribution in [0.5, 0.6) is 23.0 Å². The number of nitrogens with zero attached hydrogens (tertiary/aromatic N) is 2. The molecule has 55 heavy (non-hydrogen) atoms. The molecule has 0 spiro atoms. The van der Waals surface area contributed by atoms with Gasteiger partial charge in [0.2, 0.25) is 0 Å². The Balaban J connectivity index is 1.17. The van der Waals surface area contributed by atoms with Crippen molar-refractivity contribution in [1.29, 1.82) is 0 Å². The molecule has 0 aromatic heterocycles. The molecule has 4 aliphatic rings. The lowest BCUT2D eigenvalue weighted by atomic mass is 10.1. The Morgan fingerprint density at radius 1 is 0.727 bits per heavy atom. The summed E-state index contributed by atoms with van der Waals surface area (Å²) in [4.78, 5) is 29.7. The lowest BCUT2D eigenvalue weighted by Crippen LogP contribution is -2.47. The minimum absolute atomic E-state index is 0.0366. The topological polar surface area (TPSA) is 248 Å². The highest BCUT2D eigenvalue weighted by molar-refractivity contribution is 7.86. The third-order valence-corrected chi connectivity index (χ3v) is 15.3. The first-order valence-corrected chi connectivity index (χ1v) is 22.4. The first kappa shape index (κ1) is 40.3. The Morgan fingerprint density at radius 3 is 1.47 bits per heavy atom. The Labute approximate surface area is 318 Å². The summed E-state index contributed by atoms with van der Waals surface area (Å²) in [6, 6.07) is 3.72. The van der Waals surface area contributed by atoms with Gasteiger partial charge in [-0.1, -0.05) is 24.3 Å². The van der Waals surface area contributed by atoms with E-state index in [1.165, 1.54) is 48.3 Å². The van der Waals surface area contributed by atoms with Crippen LogP contribution in [0.15, 0.2) is 48.6 Å². The van der Waals surface area contributed by atoms with E-state index in [9.17, 15) is 45.2 Å². The average molecular weight is 827 g/mol. The van der Waals surface area contributed by atoms with Crippen molar-refractivity contribution in [3.05, 3.63) is 59.7 Å². The van der Waals surface area contributed by atoms with Crippen LogP contribution in [0, 0.1) is 0 Å². The standard InChI is InChI=1S/C34H43N4O14PS2/c1-19-11-25-31(54(43,44)45)35-23-15-29(27(49-3)13-21(23)33(40)37(25)17-19)51-6-9-53(42,8-5-39)10-7-52-30-16-24-22(14-28(30)50-4)34(41)38-18-20(2)12-26(38)32(36-24)55(46,47)48/h13-16,25-26,31-32,35-36,39H,1-2,5-12,17-18H2,3-4H3,(H,43,44,45)(H,46,47,48)/t25-,26-,31?,32?,53?/m0/s1. The van der Waals surface area contributed by atoms with E-state index >= 15 is 0 Å². The second-order valence-corrected chi connectivity index (χ2v) is 20.3. The maximum Gasteiger partial charge on any atom is 0.288 e. The summed E-state index contributed by atoms with van der Waals surface area (Å²) in [6.07, 6.45) is 0.186. The molecular formula is C34H43N4O14PS2. The number of carbonyl (C=O) groups excluding carboxylic acids is 2. The number of fused-ring (bicyclic) bond motifs is 4. The van der Waals surface area contributed by atoms with Crippen LogP contribution in [0.3, 0.4) is 0 Å². The third kappa shape index (κ3) is 8.15. The van der Waals surface area contributed by atoms with Gasteiger partial charge >= 0.3 is 0 Å². The average Bonchev–Trinajstić information content (AvgIpc) is 3.63. The molecule has 0 bridgehead atoms. The van der Waals surface area contributed by atoms with Crippen molar-refractivity contribution in [3.8, 4) is 23.0 Å². The maximum atomic E-state index is 14.0. The predicted octanol–water partition coefficient (Wildman–Crippen LogP) is 2.34. The van der Waals surface area contributed by atoms with Gasteiger partial charge in [0.1, 0.15) is 0 Å². The summed E-state index contributed by atoms with van der Waals surface area (Å²) < 4.78 is 107. The number of methoxy groups -OCH3 is 2. The van der Waals surface area contributed by atoms with Crippen molar-refractivity contribution in [2.24, 2.45) is 0 Å². The Kier molecular flexibility index (Phi) is 11.2. The van der Waals surface area contributed by atoms with E-state index in [4.69, 9.17) is 18.9 Å². The van der Waals surface area contributed by atoms with E-state index in [0.29, 0.717) is 11.1 Å². The van der Waals surface area contributed by atoms with Crippen molar-refractivity contribution < 1.29 is 64.1 Å². The van der Waals surface area contributed by atoms with Crippen LogP contribution in [0.4, 0.5) is 11.4 Å². The smallest absolute Gasteiger partial charge is 0.288 e. The van der Waals surface area contributed by atoms with Gasteiger partial charge in [-0.05, 0) is 25.0 Å². The fourth-order valence-electron chi connectivity index (χ4n) is 7.42. The molecule has 6 rings (SSSR count). The quantitative estimate of drug-likeness (QED) is 0.104. The first-order chi connectivity index (χ1) is 25.9. The SMILES string of the molecule is C=C1C[C@H]2C(S(=O)(=O)O)Nc3cc(OCCP(=O)(CCO)CCOc4cc5c(cc4OC)C(=O)N4CC(=C)C[C@H]4C(S(=O)(=O)O)N5)c(OC)cc3C(=O)N2C1. The molecule has 0 aliphatic carbocycles. The van der Waals surface area contributed by atoms with Gasteiger partial charge in [0.15, 0.2) is 33.7 Å². The van der Waals surface area contributed by atoms with Crippen molar-refractivity contribution >= 4 is 50.6 Å². The molecule has 0 radical (unpaired) electrons. The van der Waals surface area contributed by atoms with Gasteiger partial charge in [0, 0.05) is 50.3 Å². The van der Waals surface area contributed by atoms with Crippen molar-refractivity contribution in [3.63, 3.8) is 0 Å². The molecule has 2 unspecified atom stereocenters. The minimum atomic E-state index is -4.68. The zero-order chi connectivity index (χ0) is 40.0. The van der Waals surface area contributed by atoms with Crippen LogP contribution in [-0.4, -0.2) is 141 Å². The van der Waals surface area contributed by atoms with Gasteiger partial charge in [-0.3, -0.25) is 18.7 Å². The molecule has 2 aromatic rings. The molecule has 2 amide bonds. The fourth-order valence-corrected chi connectivity index (χ4v) is 11.1. The van der Waals surface area contributed by atoms with Gasteiger partial charge < -0.3 is 49.1 Å². The van der Waals surface area contributed by atoms with E-state index in [1.807, 2.05) is 0 Å². The first-order valence-electron chi connectivity index (χ1n) is 17.2. The summed E-state index contributed by atoms with van der Waals surface area (Å²) in [5, 5.41) is 12.3. The van der Waals surface area contributed by atoms with E-state index < -0.39 is 68.6 Å². The van der Waals surface area contributed by atoms with Gasteiger partial charge in [0.05, 0.1) is 69.2 Å². The largest absolute Gasteiger partial charge is 0.493 e. The number of carbonyl (C=O) groups is 2. The summed E-state index contributed by atoms with van der Waals surface area (Å²) in [7, 11) is -9.85. The molecule has 4 aliphatic heterocycles. The molecular weight excluding hydrogens is 783 g/mol. The summed E-state index contributed by atoms with van der Waals surface area (Å²) >= 11 is 0. The number of amides is 2. The Hall–Kier alpha value is -4.33. The fraction of sp³-hybridized carbons (Fsp3) is 0.471. The number of aliphatic hydroxyl groups is 1. The van der Waals surface area contributed by atoms with Crippen molar-refractivity contribution in [2.75, 3.05) is 76.2 Å². The minimum Gasteiger partial charge on any atom is -0.493 e. The van der Waals surface area contributed by atoms with Gasteiger partial charge in [-0.2, -0.15) is 16.8 Å². The summed E-state index contributed by atoms with van der Waals surface area (Å²) in [5.41, 5.74) is 1.60. The zero-order valence-corrected chi connectivity index (χ0v) is 32.6. The second kappa shape index (κ2) is 15.3. The maximum absolute atomic E-state index is 14.0. The molecule has 2 fully saturated rings. The van der Waals surface area contributed by atoms with Crippen LogP contribution in [0.25, 0.3) is 0 Å². The van der Waals surface area contributed by atoms with Crippen molar-refractivity contribution in [1.82, 2.24) is 9.80 Å². The van der Waals surface area contributed by atoms with Crippen LogP contribution in [-0.2, 0) is 24.8 Å². The second-order valence-electron chi connectivity index (χ2n) is 13.8. The number of hydrogen-bond donors (Lipinski definition) is 5. The molecule has 5 N–H and O–H groups in total. The van der Waals surface area contributed by atoms with Gasteiger partial charge in [-0.15, -0.1) is 0 Å². The highest BCUT2D eigenvalue weighted by atomic mass is 32.2. The van der Waals surface area contributed by atoms with Gasteiger partial charge in [0.25, 0.3) is 32.1 Å². The molecule has 21 heteroatoms. The lowest BCUT2D eigenvalue weighted by Gasteiger charge is -2.26. The molecule has 18 nitrogen and oxygen atoms in total. The molecule has 2 aromatic carbocycles. The number of rotatable bonds is 14. The number of benzene rings is 2. The lowest BCUT2D eigenvalue weighted by molar-refractivity contribution is 0.0737. The number of anilines is 2. The number of hydrogen-bond acceptors (Lipinski definition) is 14. The highest BCUT2D eigenvalue weighted by Gasteiger charge is 2.47. The van der Waals surface area contributed by atoms with Crippen LogP contribution in [0.1, 0.15) is 33.6 Å². The Bertz CT molecular complexity index is 2050. The summed E-state index contributed by atoms with van der Waals surface area (Å²) in [5.74, 6) is -0.519. The predicted molar refractivity (Wildman–Crippen MR) is 201 cm³/mol. The van der Waals surface area contributed by atoms with E-state index in [-0.39, 0.29) is 103 Å². The molecule has 300 valence electrons. The van der Waals surface area contributed by atoms with Crippen LogP contribution in [0.2, 0.25) is 0 Å². The van der Waals surface area contributed by atoms with E-state index in [1.54, 1.807) is 0 Å².